The molecule has 0 aliphatic carbocycles. The Hall–Kier alpha value is -0.960. The minimum Gasteiger partial charge on any atom is -0.297 e. The van der Waals surface area contributed by atoms with Crippen molar-refractivity contribution < 1.29 is 4.39 Å². The first-order chi connectivity index (χ1) is 7.15. The van der Waals surface area contributed by atoms with Crippen molar-refractivity contribution in [2.75, 3.05) is 13.1 Å². The van der Waals surface area contributed by atoms with Crippen LogP contribution in [0.4, 0.5) is 4.39 Å². The van der Waals surface area contributed by atoms with Crippen molar-refractivity contribution >= 4 is 0 Å². The highest BCUT2D eigenvalue weighted by Gasteiger charge is 2.19. The molecule has 0 bridgehead atoms. The second-order valence-corrected chi connectivity index (χ2v) is 4.57. The average Bonchev–Trinajstić information content (AvgIpc) is 2.56. The maximum atomic E-state index is 13.5. The van der Waals surface area contributed by atoms with E-state index in [2.05, 4.69) is 16.8 Å². The van der Waals surface area contributed by atoms with E-state index >= 15 is 0 Å². The van der Waals surface area contributed by atoms with Crippen LogP contribution in [0, 0.1) is 18.7 Å². The summed E-state index contributed by atoms with van der Waals surface area (Å²) in [5.74, 6) is 0.563. The van der Waals surface area contributed by atoms with Gasteiger partial charge in [0.1, 0.15) is 5.82 Å². The van der Waals surface area contributed by atoms with E-state index in [0.717, 1.165) is 24.6 Å². The standard InChI is InChI=1S/C12H17FN2/c1-9-3-4-15(7-9)8-12-11(13)5-10(2)6-14-12/h5-6,9H,3-4,7-8H2,1-2H3. The van der Waals surface area contributed by atoms with Gasteiger partial charge in [0.05, 0.1) is 5.69 Å². The number of aromatic nitrogens is 1. The van der Waals surface area contributed by atoms with Gasteiger partial charge in [-0.05, 0) is 37.4 Å². The van der Waals surface area contributed by atoms with E-state index in [9.17, 15) is 4.39 Å². The molecule has 0 aromatic carbocycles. The first-order valence-electron chi connectivity index (χ1n) is 5.48. The fourth-order valence-corrected chi connectivity index (χ4v) is 2.06. The number of aryl methyl sites for hydroxylation is 1. The van der Waals surface area contributed by atoms with Gasteiger partial charge in [0, 0.05) is 19.3 Å². The van der Waals surface area contributed by atoms with Crippen molar-refractivity contribution in [1.29, 1.82) is 0 Å². The van der Waals surface area contributed by atoms with Gasteiger partial charge in [-0.25, -0.2) is 4.39 Å². The van der Waals surface area contributed by atoms with Gasteiger partial charge in [-0.15, -0.1) is 0 Å². The van der Waals surface area contributed by atoms with Crippen molar-refractivity contribution in [3.63, 3.8) is 0 Å². The van der Waals surface area contributed by atoms with E-state index in [1.54, 1.807) is 12.3 Å². The van der Waals surface area contributed by atoms with Crippen molar-refractivity contribution in [3.05, 3.63) is 29.3 Å². The van der Waals surface area contributed by atoms with Crippen LogP contribution in [0.25, 0.3) is 0 Å². The molecule has 1 aliphatic heterocycles. The quantitative estimate of drug-likeness (QED) is 0.741. The summed E-state index contributed by atoms with van der Waals surface area (Å²) in [4.78, 5) is 6.42. The SMILES string of the molecule is Cc1cnc(CN2CCC(C)C2)c(F)c1. The normalized spacial score (nSPS) is 22.2. The summed E-state index contributed by atoms with van der Waals surface area (Å²) in [5.41, 5.74) is 1.46. The monoisotopic (exact) mass is 208 g/mol. The van der Waals surface area contributed by atoms with E-state index in [1.807, 2.05) is 6.92 Å². The summed E-state index contributed by atoms with van der Waals surface area (Å²) in [6.45, 7) is 6.87. The minimum absolute atomic E-state index is 0.172. The summed E-state index contributed by atoms with van der Waals surface area (Å²) in [7, 11) is 0. The summed E-state index contributed by atoms with van der Waals surface area (Å²) >= 11 is 0. The summed E-state index contributed by atoms with van der Waals surface area (Å²) in [5, 5.41) is 0. The van der Waals surface area contributed by atoms with E-state index < -0.39 is 0 Å². The molecule has 1 saturated heterocycles. The number of nitrogens with zero attached hydrogens (tertiary/aromatic N) is 2. The fourth-order valence-electron chi connectivity index (χ4n) is 2.06. The van der Waals surface area contributed by atoms with Crippen LogP contribution >= 0.6 is 0 Å². The molecule has 82 valence electrons. The molecule has 1 aromatic heterocycles. The molecule has 15 heavy (non-hydrogen) atoms. The van der Waals surface area contributed by atoms with Gasteiger partial charge in [-0.3, -0.25) is 9.88 Å². The fraction of sp³-hybridized carbons (Fsp3) is 0.583. The highest BCUT2D eigenvalue weighted by atomic mass is 19.1. The second-order valence-electron chi connectivity index (χ2n) is 4.57. The molecule has 1 aromatic rings. The van der Waals surface area contributed by atoms with Crippen LogP contribution in [0.2, 0.25) is 0 Å². The van der Waals surface area contributed by atoms with Crippen LogP contribution in [0.15, 0.2) is 12.3 Å². The lowest BCUT2D eigenvalue weighted by Gasteiger charge is -2.14. The topological polar surface area (TPSA) is 16.1 Å². The molecule has 2 nitrogen and oxygen atoms in total. The van der Waals surface area contributed by atoms with Gasteiger partial charge >= 0.3 is 0 Å². The van der Waals surface area contributed by atoms with Crippen molar-refractivity contribution in [3.8, 4) is 0 Å². The Balaban J connectivity index is 2.04. The van der Waals surface area contributed by atoms with Gasteiger partial charge < -0.3 is 0 Å². The molecule has 1 unspecified atom stereocenters. The number of rotatable bonds is 2. The molecule has 0 spiro atoms. The van der Waals surface area contributed by atoms with Crippen LogP contribution in [0.3, 0.4) is 0 Å². The van der Waals surface area contributed by atoms with Crippen molar-refractivity contribution in [1.82, 2.24) is 9.88 Å². The van der Waals surface area contributed by atoms with Crippen molar-refractivity contribution in [2.24, 2.45) is 5.92 Å². The maximum absolute atomic E-state index is 13.5. The lowest BCUT2D eigenvalue weighted by atomic mass is 10.2. The number of hydrogen-bond acceptors (Lipinski definition) is 2. The number of hydrogen-bond donors (Lipinski definition) is 0. The molecule has 3 heteroatoms. The third kappa shape index (κ3) is 2.53. The molecule has 0 radical (unpaired) electrons. The summed E-state index contributed by atoms with van der Waals surface area (Å²) < 4.78 is 13.5. The second kappa shape index (κ2) is 4.27. The van der Waals surface area contributed by atoms with Gasteiger partial charge in [0.2, 0.25) is 0 Å². The van der Waals surface area contributed by atoms with Crippen LogP contribution in [-0.2, 0) is 6.54 Å². The van der Waals surface area contributed by atoms with Crippen LogP contribution in [0.1, 0.15) is 24.6 Å². The maximum Gasteiger partial charge on any atom is 0.146 e. The molecule has 0 amide bonds. The Bertz CT molecular complexity index is 351. The van der Waals surface area contributed by atoms with E-state index in [1.165, 1.54) is 6.42 Å². The molecular weight excluding hydrogens is 191 g/mol. The zero-order chi connectivity index (χ0) is 10.8. The minimum atomic E-state index is -0.172. The zero-order valence-electron chi connectivity index (χ0n) is 9.33. The molecule has 0 N–H and O–H groups in total. The number of halogens is 1. The van der Waals surface area contributed by atoms with Gasteiger partial charge in [-0.2, -0.15) is 0 Å². The smallest absolute Gasteiger partial charge is 0.146 e. The lowest BCUT2D eigenvalue weighted by molar-refractivity contribution is 0.310. The number of likely N-dealkylation sites (tertiary alicyclic amines) is 1. The molecule has 1 aliphatic rings. The van der Waals surface area contributed by atoms with Gasteiger partial charge in [0.25, 0.3) is 0 Å². The van der Waals surface area contributed by atoms with E-state index in [4.69, 9.17) is 0 Å². The highest BCUT2D eigenvalue weighted by molar-refractivity contribution is 5.14. The number of pyridine rings is 1. The molecule has 0 saturated carbocycles. The Morgan fingerprint density at radius 2 is 2.40 bits per heavy atom. The Labute approximate surface area is 90.1 Å². The molecule has 2 rings (SSSR count). The first-order valence-corrected chi connectivity index (χ1v) is 5.48. The molecule has 1 atom stereocenters. The van der Waals surface area contributed by atoms with E-state index in [0.29, 0.717) is 12.2 Å². The Morgan fingerprint density at radius 3 is 3.00 bits per heavy atom. The van der Waals surface area contributed by atoms with Crippen molar-refractivity contribution in [2.45, 2.75) is 26.8 Å². The third-order valence-electron chi connectivity index (χ3n) is 2.94. The summed E-state index contributed by atoms with van der Waals surface area (Å²) in [6, 6.07) is 1.56. The van der Waals surface area contributed by atoms with Crippen LogP contribution in [0.5, 0.6) is 0 Å². The first kappa shape index (κ1) is 10.6. The average molecular weight is 208 g/mol. The Kier molecular flexibility index (Phi) is 3.00. The van der Waals surface area contributed by atoms with E-state index in [-0.39, 0.29) is 5.82 Å². The predicted molar refractivity (Wildman–Crippen MR) is 58.0 cm³/mol. The van der Waals surface area contributed by atoms with Crippen LogP contribution < -0.4 is 0 Å². The molecule has 2 heterocycles. The zero-order valence-corrected chi connectivity index (χ0v) is 9.33. The van der Waals surface area contributed by atoms with Crippen LogP contribution in [-0.4, -0.2) is 23.0 Å². The molecule has 1 fully saturated rings. The Morgan fingerprint density at radius 1 is 1.60 bits per heavy atom. The molecular formula is C12H17FN2. The predicted octanol–water partition coefficient (Wildman–Crippen LogP) is 2.37. The summed E-state index contributed by atoms with van der Waals surface area (Å²) in [6.07, 6.45) is 2.95. The lowest BCUT2D eigenvalue weighted by Crippen LogP contribution is -2.21. The van der Waals surface area contributed by atoms with Gasteiger partial charge in [-0.1, -0.05) is 6.92 Å². The largest absolute Gasteiger partial charge is 0.297 e. The third-order valence-corrected chi connectivity index (χ3v) is 2.94. The highest BCUT2D eigenvalue weighted by Crippen LogP contribution is 2.18. The van der Waals surface area contributed by atoms with Gasteiger partial charge in [0.15, 0.2) is 0 Å².